The van der Waals surface area contributed by atoms with Crippen molar-refractivity contribution < 1.29 is 8.78 Å². The van der Waals surface area contributed by atoms with Crippen LogP contribution in [0.3, 0.4) is 0 Å². The topological polar surface area (TPSA) is 29.9 Å². The van der Waals surface area contributed by atoms with Gasteiger partial charge in [-0.3, -0.25) is 4.68 Å². The number of hydrogen-bond donors (Lipinski definition) is 1. The van der Waals surface area contributed by atoms with Gasteiger partial charge in [0, 0.05) is 18.8 Å². The van der Waals surface area contributed by atoms with Crippen molar-refractivity contribution >= 4 is 0 Å². The van der Waals surface area contributed by atoms with E-state index in [0.717, 1.165) is 0 Å². The normalized spacial score (nSPS) is 12.7. The van der Waals surface area contributed by atoms with Crippen molar-refractivity contribution in [3.05, 3.63) is 53.4 Å². The monoisotopic (exact) mass is 251 g/mol. The summed E-state index contributed by atoms with van der Waals surface area (Å²) >= 11 is 0. The van der Waals surface area contributed by atoms with Crippen molar-refractivity contribution in [1.82, 2.24) is 15.1 Å². The van der Waals surface area contributed by atoms with Crippen LogP contribution in [0.25, 0.3) is 0 Å². The van der Waals surface area contributed by atoms with Crippen LogP contribution in [0.5, 0.6) is 0 Å². The average Bonchev–Trinajstić information content (AvgIpc) is 2.74. The number of hydrogen-bond acceptors (Lipinski definition) is 2. The van der Waals surface area contributed by atoms with Gasteiger partial charge in [-0.05, 0) is 24.7 Å². The highest BCUT2D eigenvalue weighted by Gasteiger charge is 2.22. The first-order valence-electron chi connectivity index (χ1n) is 5.80. The summed E-state index contributed by atoms with van der Waals surface area (Å²) in [6.45, 7) is 2.48. The molecule has 1 heterocycles. The standard InChI is InChI=1S/C13H15F2N3/c1-3-16-13(11-7-8-18(2)17-11)12-9(14)5-4-6-10(12)15/h4-8,13,16H,3H2,1-2H3. The summed E-state index contributed by atoms with van der Waals surface area (Å²) in [6.07, 6.45) is 1.75. The first kappa shape index (κ1) is 12.7. The molecule has 0 radical (unpaired) electrons. The molecular weight excluding hydrogens is 236 g/mol. The van der Waals surface area contributed by atoms with Gasteiger partial charge in [-0.15, -0.1) is 0 Å². The van der Waals surface area contributed by atoms with E-state index < -0.39 is 17.7 Å². The van der Waals surface area contributed by atoms with Crippen molar-refractivity contribution in [3.8, 4) is 0 Å². The first-order valence-corrected chi connectivity index (χ1v) is 5.80. The SMILES string of the molecule is CCNC(c1ccn(C)n1)c1c(F)cccc1F. The highest BCUT2D eigenvalue weighted by molar-refractivity contribution is 5.30. The number of nitrogens with zero attached hydrogens (tertiary/aromatic N) is 2. The molecule has 3 nitrogen and oxygen atoms in total. The zero-order chi connectivity index (χ0) is 13.1. The third kappa shape index (κ3) is 2.41. The van der Waals surface area contributed by atoms with Crippen molar-refractivity contribution in [2.24, 2.45) is 7.05 Å². The third-order valence-electron chi connectivity index (χ3n) is 2.73. The second kappa shape index (κ2) is 5.27. The van der Waals surface area contributed by atoms with E-state index >= 15 is 0 Å². The van der Waals surface area contributed by atoms with Crippen molar-refractivity contribution in [2.75, 3.05) is 6.54 Å². The van der Waals surface area contributed by atoms with Crippen LogP contribution in [0.2, 0.25) is 0 Å². The van der Waals surface area contributed by atoms with Gasteiger partial charge >= 0.3 is 0 Å². The molecule has 96 valence electrons. The second-order valence-electron chi connectivity index (χ2n) is 4.04. The predicted octanol–water partition coefficient (Wildman–Crippen LogP) is 2.40. The van der Waals surface area contributed by atoms with Gasteiger partial charge in [0.25, 0.3) is 0 Å². The lowest BCUT2D eigenvalue weighted by atomic mass is 10.0. The van der Waals surface area contributed by atoms with Gasteiger partial charge in [-0.25, -0.2) is 8.78 Å². The quantitative estimate of drug-likeness (QED) is 0.904. The zero-order valence-electron chi connectivity index (χ0n) is 10.3. The lowest BCUT2D eigenvalue weighted by Crippen LogP contribution is -2.24. The Morgan fingerprint density at radius 3 is 2.44 bits per heavy atom. The van der Waals surface area contributed by atoms with Gasteiger partial charge in [0.05, 0.1) is 11.7 Å². The molecule has 0 saturated heterocycles. The molecule has 1 atom stereocenters. The van der Waals surface area contributed by atoms with E-state index in [0.29, 0.717) is 12.2 Å². The van der Waals surface area contributed by atoms with Crippen LogP contribution in [0.15, 0.2) is 30.5 Å². The highest BCUT2D eigenvalue weighted by atomic mass is 19.1. The maximum Gasteiger partial charge on any atom is 0.131 e. The maximum absolute atomic E-state index is 13.8. The molecule has 1 unspecified atom stereocenters. The van der Waals surface area contributed by atoms with E-state index in [1.807, 2.05) is 6.92 Å². The Labute approximate surface area is 104 Å². The minimum Gasteiger partial charge on any atom is -0.305 e. The summed E-state index contributed by atoms with van der Waals surface area (Å²) in [7, 11) is 1.77. The van der Waals surface area contributed by atoms with E-state index in [4.69, 9.17) is 0 Å². The predicted molar refractivity (Wildman–Crippen MR) is 65.1 cm³/mol. The third-order valence-corrected chi connectivity index (χ3v) is 2.73. The number of aryl methyl sites for hydroxylation is 1. The first-order chi connectivity index (χ1) is 8.63. The Morgan fingerprint density at radius 1 is 1.28 bits per heavy atom. The van der Waals surface area contributed by atoms with Crippen LogP contribution in [-0.4, -0.2) is 16.3 Å². The summed E-state index contributed by atoms with van der Waals surface area (Å²) in [5.41, 5.74) is 0.612. The fourth-order valence-corrected chi connectivity index (χ4v) is 1.93. The van der Waals surface area contributed by atoms with Gasteiger partial charge in [-0.1, -0.05) is 13.0 Å². The van der Waals surface area contributed by atoms with E-state index in [1.165, 1.54) is 18.2 Å². The Kier molecular flexibility index (Phi) is 3.72. The van der Waals surface area contributed by atoms with Gasteiger partial charge in [0.2, 0.25) is 0 Å². The molecule has 0 amide bonds. The van der Waals surface area contributed by atoms with E-state index in [1.54, 1.807) is 24.0 Å². The Morgan fingerprint density at radius 2 is 1.94 bits per heavy atom. The molecule has 0 saturated carbocycles. The van der Waals surface area contributed by atoms with E-state index in [2.05, 4.69) is 10.4 Å². The highest BCUT2D eigenvalue weighted by Crippen LogP contribution is 2.25. The lowest BCUT2D eigenvalue weighted by molar-refractivity contribution is 0.502. The fraction of sp³-hybridized carbons (Fsp3) is 0.308. The molecule has 0 spiro atoms. The number of nitrogens with one attached hydrogen (secondary N) is 1. The minimum absolute atomic E-state index is 0.0121. The Balaban J connectivity index is 2.47. The molecule has 18 heavy (non-hydrogen) atoms. The molecule has 0 bridgehead atoms. The van der Waals surface area contributed by atoms with Crippen LogP contribution in [0.4, 0.5) is 8.78 Å². The fourth-order valence-electron chi connectivity index (χ4n) is 1.93. The molecule has 1 N–H and O–H groups in total. The summed E-state index contributed by atoms with van der Waals surface area (Å²) in [4.78, 5) is 0. The van der Waals surface area contributed by atoms with Gasteiger partial charge < -0.3 is 5.32 Å². The molecule has 2 rings (SSSR count). The van der Waals surface area contributed by atoms with Crippen LogP contribution < -0.4 is 5.32 Å². The summed E-state index contributed by atoms with van der Waals surface area (Å²) in [5.74, 6) is -1.13. The van der Waals surface area contributed by atoms with E-state index in [-0.39, 0.29) is 5.56 Å². The summed E-state index contributed by atoms with van der Waals surface area (Å²) < 4.78 is 29.2. The van der Waals surface area contributed by atoms with E-state index in [9.17, 15) is 8.78 Å². The average molecular weight is 251 g/mol. The lowest BCUT2D eigenvalue weighted by Gasteiger charge is -2.17. The Hall–Kier alpha value is -1.75. The number of halogens is 2. The Bertz CT molecular complexity index is 517. The van der Waals surface area contributed by atoms with Crippen LogP contribution in [0.1, 0.15) is 24.2 Å². The molecule has 1 aromatic heterocycles. The largest absolute Gasteiger partial charge is 0.305 e. The molecule has 0 fully saturated rings. The summed E-state index contributed by atoms with van der Waals surface area (Å²) in [6, 6.07) is 5.05. The molecule has 2 aromatic rings. The summed E-state index contributed by atoms with van der Waals surface area (Å²) in [5, 5.41) is 7.26. The van der Waals surface area contributed by atoms with Crippen molar-refractivity contribution in [2.45, 2.75) is 13.0 Å². The molecule has 1 aromatic carbocycles. The van der Waals surface area contributed by atoms with Gasteiger partial charge in [-0.2, -0.15) is 5.10 Å². The number of benzene rings is 1. The van der Waals surface area contributed by atoms with Gasteiger partial charge in [0.15, 0.2) is 0 Å². The molecule has 0 aliphatic carbocycles. The maximum atomic E-state index is 13.8. The smallest absolute Gasteiger partial charge is 0.131 e. The van der Waals surface area contributed by atoms with Gasteiger partial charge in [0.1, 0.15) is 11.6 Å². The van der Waals surface area contributed by atoms with Crippen LogP contribution in [-0.2, 0) is 7.05 Å². The number of aromatic nitrogens is 2. The van der Waals surface area contributed by atoms with Crippen LogP contribution in [0, 0.1) is 11.6 Å². The second-order valence-corrected chi connectivity index (χ2v) is 4.04. The molecule has 5 heteroatoms. The molecular formula is C13H15F2N3. The van der Waals surface area contributed by atoms with Crippen molar-refractivity contribution in [1.29, 1.82) is 0 Å². The minimum atomic E-state index is -0.572. The van der Waals surface area contributed by atoms with Crippen molar-refractivity contribution in [3.63, 3.8) is 0 Å². The zero-order valence-corrected chi connectivity index (χ0v) is 10.3. The van der Waals surface area contributed by atoms with Crippen LogP contribution >= 0.6 is 0 Å². The molecule has 0 aliphatic rings. The molecule has 0 aliphatic heterocycles. The number of rotatable bonds is 4.